The van der Waals surface area contributed by atoms with E-state index in [1.165, 1.54) is 0 Å². The van der Waals surface area contributed by atoms with Crippen LogP contribution in [0.3, 0.4) is 0 Å². The van der Waals surface area contributed by atoms with Crippen LogP contribution in [-0.2, 0) is 24.2 Å². The minimum absolute atomic E-state index is 0.205. The second-order valence-corrected chi connectivity index (χ2v) is 8.11. The third-order valence-corrected chi connectivity index (χ3v) is 6.35. The van der Waals surface area contributed by atoms with Crippen molar-refractivity contribution < 1.29 is 9.32 Å². The van der Waals surface area contributed by atoms with Gasteiger partial charge in [0.1, 0.15) is 11.6 Å². The highest BCUT2D eigenvalue weighted by Crippen LogP contribution is 2.34. The molecule has 7 heteroatoms. The Bertz CT molecular complexity index is 1020. The fraction of sp³-hybridized carbons (Fsp3) is 0.455. The lowest BCUT2D eigenvalue weighted by Gasteiger charge is -2.28. The Hall–Kier alpha value is -2.96. The number of nitrogens with zero attached hydrogens (tertiary/aromatic N) is 5. The van der Waals surface area contributed by atoms with E-state index in [1.807, 2.05) is 32.0 Å². The maximum absolute atomic E-state index is 13.2. The first-order valence-corrected chi connectivity index (χ1v) is 10.3. The van der Waals surface area contributed by atoms with Crippen LogP contribution in [0.1, 0.15) is 42.1 Å². The molecule has 1 saturated heterocycles. The first kappa shape index (κ1) is 18.1. The summed E-state index contributed by atoms with van der Waals surface area (Å²) in [6.07, 6.45) is 4.01. The van der Waals surface area contributed by atoms with E-state index in [2.05, 4.69) is 37.0 Å². The summed E-state index contributed by atoms with van der Waals surface area (Å²) < 4.78 is 7.46. The van der Waals surface area contributed by atoms with Gasteiger partial charge in [0.2, 0.25) is 5.91 Å². The number of carbonyl (C=O) groups is 1. The van der Waals surface area contributed by atoms with Crippen molar-refractivity contribution in [2.24, 2.45) is 0 Å². The molecule has 2 atom stereocenters. The third kappa shape index (κ3) is 3.14. The average molecular weight is 391 g/mol. The SMILES string of the molecule is Cc1noc(C)c1CCC(=O)N1C2CCC1Cn1c(nnc1-c1ccccc1)C2. The molecule has 0 saturated carbocycles. The molecule has 1 amide bonds. The van der Waals surface area contributed by atoms with Gasteiger partial charge in [0.05, 0.1) is 11.7 Å². The van der Waals surface area contributed by atoms with Gasteiger partial charge in [-0.1, -0.05) is 35.5 Å². The number of hydrogen-bond donors (Lipinski definition) is 0. The lowest BCUT2D eigenvalue weighted by molar-refractivity contribution is -0.134. The summed E-state index contributed by atoms with van der Waals surface area (Å²) in [5.41, 5.74) is 3.01. The molecule has 0 aliphatic carbocycles. The van der Waals surface area contributed by atoms with Crippen molar-refractivity contribution in [2.75, 3.05) is 0 Å². The molecular formula is C22H25N5O2. The van der Waals surface area contributed by atoms with E-state index >= 15 is 0 Å². The Morgan fingerprint density at radius 2 is 1.93 bits per heavy atom. The van der Waals surface area contributed by atoms with Gasteiger partial charge in [-0.3, -0.25) is 4.79 Å². The number of amides is 1. The summed E-state index contributed by atoms with van der Waals surface area (Å²) in [6, 6.07) is 10.6. The van der Waals surface area contributed by atoms with Gasteiger partial charge >= 0.3 is 0 Å². The molecule has 3 aromatic rings. The number of aryl methyl sites for hydroxylation is 2. The van der Waals surface area contributed by atoms with Crippen LogP contribution in [0.25, 0.3) is 11.4 Å². The van der Waals surface area contributed by atoms with Crippen molar-refractivity contribution in [3.63, 3.8) is 0 Å². The molecular weight excluding hydrogens is 366 g/mol. The van der Waals surface area contributed by atoms with Gasteiger partial charge in [0.15, 0.2) is 5.82 Å². The summed E-state index contributed by atoms with van der Waals surface area (Å²) in [5.74, 6) is 2.92. The predicted octanol–water partition coefficient (Wildman–Crippen LogP) is 3.10. The second kappa shape index (κ2) is 7.13. The van der Waals surface area contributed by atoms with Crippen LogP contribution in [0, 0.1) is 13.8 Å². The number of carbonyl (C=O) groups excluding carboxylic acids is 1. The topological polar surface area (TPSA) is 77.0 Å². The van der Waals surface area contributed by atoms with Crippen molar-refractivity contribution in [1.82, 2.24) is 24.8 Å². The van der Waals surface area contributed by atoms with Crippen molar-refractivity contribution in [3.05, 3.63) is 53.2 Å². The maximum Gasteiger partial charge on any atom is 0.223 e. The minimum Gasteiger partial charge on any atom is -0.361 e. The van der Waals surface area contributed by atoms with Crippen LogP contribution in [-0.4, -0.2) is 42.8 Å². The normalized spacial score (nSPS) is 20.6. The van der Waals surface area contributed by atoms with E-state index in [9.17, 15) is 4.79 Å². The zero-order chi connectivity index (χ0) is 20.0. The quantitative estimate of drug-likeness (QED) is 0.683. The van der Waals surface area contributed by atoms with Crippen molar-refractivity contribution in [1.29, 1.82) is 0 Å². The molecule has 2 bridgehead atoms. The van der Waals surface area contributed by atoms with Gasteiger partial charge in [0.25, 0.3) is 0 Å². The summed E-state index contributed by atoms with van der Waals surface area (Å²) in [5, 5.41) is 12.9. The molecule has 4 heterocycles. The highest BCUT2D eigenvalue weighted by atomic mass is 16.5. The Morgan fingerprint density at radius 3 is 2.69 bits per heavy atom. The van der Waals surface area contributed by atoms with Gasteiger partial charge in [-0.05, 0) is 33.1 Å². The number of hydrogen-bond acceptors (Lipinski definition) is 5. The molecule has 7 nitrogen and oxygen atoms in total. The largest absolute Gasteiger partial charge is 0.361 e. The number of aromatic nitrogens is 4. The molecule has 5 rings (SSSR count). The zero-order valence-corrected chi connectivity index (χ0v) is 16.8. The van der Waals surface area contributed by atoms with Crippen molar-refractivity contribution in [3.8, 4) is 11.4 Å². The van der Waals surface area contributed by atoms with Gasteiger partial charge in [-0.25, -0.2) is 0 Å². The van der Waals surface area contributed by atoms with Crippen molar-refractivity contribution >= 4 is 5.91 Å². The first-order valence-electron chi connectivity index (χ1n) is 10.3. The van der Waals surface area contributed by atoms with Crippen molar-refractivity contribution in [2.45, 2.75) is 64.6 Å². The molecule has 150 valence electrons. The third-order valence-electron chi connectivity index (χ3n) is 6.35. The Morgan fingerprint density at radius 1 is 1.14 bits per heavy atom. The predicted molar refractivity (Wildman–Crippen MR) is 107 cm³/mol. The van der Waals surface area contributed by atoms with Crippen LogP contribution in [0.5, 0.6) is 0 Å². The van der Waals surface area contributed by atoms with Crippen LogP contribution in [0.15, 0.2) is 34.9 Å². The van der Waals surface area contributed by atoms with E-state index in [0.29, 0.717) is 12.8 Å². The van der Waals surface area contributed by atoms with E-state index in [1.54, 1.807) is 0 Å². The molecule has 29 heavy (non-hydrogen) atoms. The van der Waals surface area contributed by atoms with Crippen LogP contribution in [0.2, 0.25) is 0 Å². The van der Waals surface area contributed by atoms with E-state index in [0.717, 1.165) is 60.0 Å². The van der Waals surface area contributed by atoms with Crippen LogP contribution < -0.4 is 0 Å². The molecule has 0 spiro atoms. The molecule has 1 aromatic carbocycles. The summed E-state index contributed by atoms with van der Waals surface area (Å²) in [4.78, 5) is 15.3. The molecule has 2 aliphatic rings. The lowest BCUT2D eigenvalue weighted by Crippen LogP contribution is -2.42. The smallest absolute Gasteiger partial charge is 0.223 e. The number of rotatable bonds is 4. The monoisotopic (exact) mass is 391 g/mol. The number of benzene rings is 1. The fourth-order valence-corrected chi connectivity index (χ4v) is 4.87. The Labute approximate surface area is 169 Å². The van der Waals surface area contributed by atoms with Gasteiger partial charge < -0.3 is 14.0 Å². The summed E-state index contributed by atoms with van der Waals surface area (Å²) in [6.45, 7) is 4.61. The van der Waals surface area contributed by atoms with Crippen LogP contribution in [0.4, 0.5) is 0 Å². The summed E-state index contributed by atoms with van der Waals surface area (Å²) >= 11 is 0. The lowest BCUT2D eigenvalue weighted by atomic mass is 10.1. The molecule has 0 N–H and O–H groups in total. The Kier molecular flexibility index (Phi) is 4.45. The molecule has 2 aliphatic heterocycles. The molecule has 2 aromatic heterocycles. The maximum atomic E-state index is 13.2. The van der Waals surface area contributed by atoms with E-state index < -0.39 is 0 Å². The standard InChI is InChI=1S/C22H25N5O2/c1-14-19(15(2)29-25-14)10-11-21(28)27-17-8-9-18(27)13-26-20(12-17)23-24-22(26)16-6-4-3-5-7-16/h3-7,17-18H,8-13H2,1-2H3. The minimum atomic E-state index is 0.205. The van der Waals surface area contributed by atoms with Crippen LogP contribution >= 0.6 is 0 Å². The average Bonchev–Trinajstić information content (AvgIpc) is 3.36. The van der Waals surface area contributed by atoms with E-state index in [-0.39, 0.29) is 18.0 Å². The number of fused-ring (bicyclic) bond motifs is 3. The summed E-state index contributed by atoms with van der Waals surface area (Å²) in [7, 11) is 0. The highest BCUT2D eigenvalue weighted by molar-refractivity contribution is 5.77. The Balaban J connectivity index is 1.36. The van der Waals surface area contributed by atoms with E-state index in [4.69, 9.17) is 4.52 Å². The van der Waals surface area contributed by atoms with Gasteiger partial charge in [0, 0.05) is 36.6 Å². The fourth-order valence-electron chi connectivity index (χ4n) is 4.87. The highest BCUT2D eigenvalue weighted by Gasteiger charge is 2.40. The van der Waals surface area contributed by atoms with Gasteiger partial charge in [-0.2, -0.15) is 0 Å². The molecule has 1 fully saturated rings. The molecule has 0 radical (unpaired) electrons. The second-order valence-electron chi connectivity index (χ2n) is 8.11. The van der Waals surface area contributed by atoms with Gasteiger partial charge in [-0.15, -0.1) is 10.2 Å². The zero-order valence-electron chi connectivity index (χ0n) is 16.8. The molecule has 2 unspecified atom stereocenters. The first-order chi connectivity index (χ1) is 14.1.